The molecule has 0 unspecified atom stereocenters. The van der Waals surface area contributed by atoms with Gasteiger partial charge in [-0.1, -0.05) is 23.7 Å². The van der Waals surface area contributed by atoms with Crippen molar-refractivity contribution in [2.45, 2.75) is 78.9 Å². The lowest BCUT2D eigenvalue weighted by molar-refractivity contribution is 0.0184. The van der Waals surface area contributed by atoms with Gasteiger partial charge in [-0.05, 0) is 81.7 Å². The van der Waals surface area contributed by atoms with E-state index in [2.05, 4.69) is 26.1 Å². The van der Waals surface area contributed by atoms with E-state index in [1.165, 1.54) is 0 Å². The number of amides is 2. The maximum atomic E-state index is 12.2. The average molecular weight is 636 g/mol. The SMILES string of the molecule is CC(C)(C)OC(=O)N1CCn2nc(-c3ccc(Cl)cc3)cc2C1.CC(C)(C)OC(=O)N1CCn2nc(Br)cc2C1. The van der Waals surface area contributed by atoms with Crippen LogP contribution in [0.2, 0.25) is 5.02 Å². The first kappa shape index (κ1) is 29.9. The molecule has 2 aromatic heterocycles. The fourth-order valence-electron chi connectivity index (χ4n) is 4.22. The van der Waals surface area contributed by atoms with E-state index in [-0.39, 0.29) is 12.2 Å². The molecule has 1 aromatic carbocycles. The van der Waals surface area contributed by atoms with E-state index in [0.717, 1.165) is 27.2 Å². The molecule has 5 rings (SSSR count). The summed E-state index contributed by atoms with van der Waals surface area (Å²) in [5, 5.41) is 9.59. The molecule has 0 N–H and O–H groups in total. The number of aromatic nitrogens is 4. The number of hydrogen-bond donors (Lipinski definition) is 0. The van der Waals surface area contributed by atoms with Crippen LogP contribution in [0.4, 0.5) is 9.59 Å². The number of hydrogen-bond acceptors (Lipinski definition) is 6. The summed E-state index contributed by atoms with van der Waals surface area (Å²) in [5.74, 6) is 0. The quantitative estimate of drug-likeness (QED) is 0.309. The van der Waals surface area contributed by atoms with Crippen LogP contribution >= 0.6 is 27.5 Å². The van der Waals surface area contributed by atoms with Gasteiger partial charge in [-0.25, -0.2) is 9.59 Å². The Morgan fingerprint density at radius 2 is 1.25 bits per heavy atom. The first-order chi connectivity index (χ1) is 18.7. The van der Waals surface area contributed by atoms with Crippen molar-refractivity contribution in [1.82, 2.24) is 29.4 Å². The minimum Gasteiger partial charge on any atom is -0.444 e. The summed E-state index contributed by atoms with van der Waals surface area (Å²) in [4.78, 5) is 27.5. The van der Waals surface area contributed by atoms with Gasteiger partial charge < -0.3 is 19.3 Å². The summed E-state index contributed by atoms with van der Waals surface area (Å²) in [6, 6.07) is 11.5. The summed E-state index contributed by atoms with van der Waals surface area (Å²) >= 11 is 9.25. The van der Waals surface area contributed by atoms with Crippen molar-refractivity contribution in [2.24, 2.45) is 0 Å². The molecular formula is C28H36BrClN6O4. The zero-order valence-corrected chi connectivity index (χ0v) is 26.1. The highest BCUT2D eigenvalue weighted by molar-refractivity contribution is 9.10. The van der Waals surface area contributed by atoms with Gasteiger partial charge in [-0.2, -0.15) is 10.2 Å². The minimum atomic E-state index is -0.483. The van der Waals surface area contributed by atoms with E-state index in [1.54, 1.807) is 9.80 Å². The highest BCUT2D eigenvalue weighted by atomic mass is 79.9. The fraction of sp³-hybridized carbons (Fsp3) is 0.500. The molecule has 0 atom stereocenters. The highest BCUT2D eigenvalue weighted by Crippen LogP contribution is 2.24. The number of fused-ring (bicyclic) bond motifs is 2. The van der Waals surface area contributed by atoms with E-state index in [4.69, 9.17) is 21.1 Å². The molecule has 10 nitrogen and oxygen atoms in total. The van der Waals surface area contributed by atoms with Crippen LogP contribution in [0.15, 0.2) is 41.0 Å². The molecule has 3 aromatic rings. The second-order valence-electron chi connectivity index (χ2n) is 11.7. The van der Waals surface area contributed by atoms with E-state index in [9.17, 15) is 9.59 Å². The molecule has 12 heteroatoms. The van der Waals surface area contributed by atoms with Gasteiger partial charge in [0.25, 0.3) is 0 Å². The van der Waals surface area contributed by atoms with Crippen LogP contribution in [0.5, 0.6) is 0 Å². The Balaban J connectivity index is 0.000000194. The van der Waals surface area contributed by atoms with Crippen molar-refractivity contribution in [1.29, 1.82) is 0 Å². The van der Waals surface area contributed by atoms with Gasteiger partial charge in [-0.15, -0.1) is 0 Å². The molecule has 0 bridgehead atoms. The smallest absolute Gasteiger partial charge is 0.410 e. The van der Waals surface area contributed by atoms with Gasteiger partial charge in [0.2, 0.25) is 0 Å². The van der Waals surface area contributed by atoms with Crippen LogP contribution in [-0.2, 0) is 35.7 Å². The number of rotatable bonds is 1. The van der Waals surface area contributed by atoms with E-state index >= 15 is 0 Å². The second kappa shape index (κ2) is 11.8. The van der Waals surface area contributed by atoms with Crippen molar-refractivity contribution in [2.75, 3.05) is 13.1 Å². The maximum absolute atomic E-state index is 12.2. The summed E-state index contributed by atoms with van der Waals surface area (Å²) in [5.41, 5.74) is 3.00. The monoisotopic (exact) mass is 634 g/mol. The first-order valence-corrected chi connectivity index (χ1v) is 14.3. The Kier molecular flexibility index (Phi) is 8.84. The molecule has 0 saturated heterocycles. The molecule has 2 amide bonds. The zero-order valence-electron chi connectivity index (χ0n) is 23.8. The van der Waals surface area contributed by atoms with Gasteiger partial charge in [0.05, 0.1) is 43.3 Å². The van der Waals surface area contributed by atoms with Crippen LogP contribution in [0.25, 0.3) is 11.3 Å². The number of carbonyl (C=O) groups is 2. The van der Waals surface area contributed by atoms with Crippen molar-refractivity contribution in [3.05, 3.63) is 57.4 Å². The largest absolute Gasteiger partial charge is 0.444 e. The van der Waals surface area contributed by atoms with Crippen LogP contribution in [0, 0.1) is 0 Å². The normalized spacial score (nSPS) is 15.0. The third-order valence-electron chi connectivity index (χ3n) is 6.01. The third kappa shape index (κ3) is 8.00. The number of benzene rings is 1. The summed E-state index contributed by atoms with van der Waals surface area (Å²) in [7, 11) is 0. The molecule has 2 aliphatic rings. The van der Waals surface area contributed by atoms with Crippen molar-refractivity contribution < 1.29 is 19.1 Å². The maximum Gasteiger partial charge on any atom is 0.410 e. The molecule has 40 heavy (non-hydrogen) atoms. The lowest BCUT2D eigenvalue weighted by Crippen LogP contribution is -2.41. The predicted molar refractivity (Wildman–Crippen MR) is 156 cm³/mol. The Morgan fingerprint density at radius 3 is 1.75 bits per heavy atom. The van der Waals surface area contributed by atoms with Gasteiger partial charge in [0.1, 0.15) is 15.8 Å². The summed E-state index contributed by atoms with van der Waals surface area (Å²) in [6.07, 6.45) is -0.543. The van der Waals surface area contributed by atoms with Gasteiger partial charge >= 0.3 is 12.2 Å². The van der Waals surface area contributed by atoms with Crippen LogP contribution in [0.1, 0.15) is 52.9 Å². The Hall–Kier alpha value is -3.05. The minimum absolute atomic E-state index is 0.263. The molecule has 0 aliphatic carbocycles. The number of carbonyl (C=O) groups excluding carboxylic acids is 2. The summed E-state index contributed by atoms with van der Waals surface area (Å²) in [6.45, 7) is 14.9. The molecule has 0 saturated carbocycles. The van der Waals surface area contributed by atoms with Gasteiger partial charge in [-0.3, -0.25) is 9.36 Å². The van der Waals surface area contributed by atoms with E-state index < -0.39 is 11.2 Å². The van der Waals surface area contributed by atoms with Gasteiger partial charge in [0.15, 0.2) is 0 Å². The summed E-state index contributed by atoms with van der Waals surface area (Å²) < 4.78 is 15.4. The first-order valence-electron chi connectivity index (χ1n) is 13.2. The highest BCUT2D eigenvalue weighted by Gasteiger charge is 2.28. The molecule has 0 radical (unpaired) electrons. The molecule has 0 fully saturated rings. The van der Waals surface area contributed by atoms with E-state index in [0.29, 0.717) is 44.3 Å². The number of nitrogens with zero attached hydrogens (tertiary/aromatic N) is 6. The Morgan fingerprint density at radius 1 is 0.775 bits per heavy atom. The standard InChI is InChI=1S/C17H20ClN3O2.C11H16BrN3O2/c1-17(2,3)23-16(22)20-8-9-21-14(11-20)10-15(19-21)12-4-6-13(18)7-5-12;1-11(2,3)17-10(16)14-4-5-15-8(7-14)6-9(12)13-15/h4-7,10H,8-9,11H2,1-3H3;6H,4-5,7H2,1-3H3. The molecule has 4 heterocycles. The Bertz CT molecular complexity index is 1360. The molecule has 2 aliphatic heterocycles. The Labute approximate surface area is 248 Å². The van der Waals surface area contributed by atoms with Crippen LogP contribution < -0.4 is 0 Å². The lowest BCUT2D eigenvalue weighted by Gasteiger charge is -2.30. The number of ether oxygens (including phenoxy) is 2. The van der Waals surface area contributed by atoms with Gasteiger partial charge in [0, 0.05) is 23.7 Å². The number of halogens is 2. The fourth-order valence-corrected chi connectivity index (χ4v) is 4.81. The topological polar surface area (TPSA) is 94.7 Å². The molecule has 0 spiro atoms. The van der Waals surface area contributed by atoms with Crippen LogP contribution in [-0.4, -0.2) is 65.8 Å². The second-order valence-corrected chi connectivity index (χ2v) is 13.0. The third-order valence-corrected chi connectivity index (χ3v) is 6.65. The van der Waals surface area contributed by atoms with Crippen molar-refractivity contribution in [3.8, 4) is 11.3 Å². The molecule has 216 valence electrons. The lowest BCUT2D eigenvalue weighted by atomic mass is 10.1. The average Bonchev–Trinajstić information content (AvgIpc) is 3.44. The van der Waals surface area contributed by atoms with Crippen molar-refractivity contribution >= 4 is 39.7 Å². The van der Waals surface area contributed by atoms with Crippen LogP contribution in [0.3, 0.4) is 0 Å². The van der Waals surface area contributed by atoms with Crippen molar-refractivity contribution in [3.63, 3.8) is 0 Å². The zero-order chi connectivity index (χ0) is 29.2. The predicted octanol–water partition coefficient (Wildman–Crippen LogP) is 6.35. The van der Waals surface area contributed by atoms with E-state index in [1.807, 2.05) is 87.3 Å². The molecular weight excluding hydrogens is 600 g/mol.